The first-order chi connectivity index (χ1) is 13.7. The molecule has 0 aliphatic rings. The Kier molecular flexibility index (Phi) is 6.84. The number of ether oxygens (including phenoxy) is 1. The molecular weight excluding hydrogens is 452 g/mol. The van der Waals surface area contributed by atoms with Crippen LogP contribution in [0.4, 0.5) is 19.0 Å². The Morgan fingerprint density at radius 2 is 2.14 bits per heavy atom. The van der Waals surface area contributed by atoms with Gasteiger partial charge >= 0.3 is 6.36 Å². The molecule has 0 amide bonds. The summed E-state index contributed by atoms with van der Waals surface area (Å²) in [4.78, 5) is 4.23. The van der Waals surface area contributed by atoms with Gasteiger partial charge in [-0.05, 0) is 60.1 Å². The molecule has 0 saturated carbocycles. The molecule has 0 aromatic carbocycles. The van der Waals surface area contributed by atoms with E-state index in [1.165, 1.54) is 16.0 Å². The lowest BCUT2D eigenvalue weighted by Gasteiger charge is -2.13. The minimum absolute atomic E-state index is 0.00963. The maximum absolute atomic E-state index is 12.1. The van der Waals surface area contributed by atoms with E-state index in [1.54, 1.807) is 0 Å². The van der Waals surface area contributed by atoms with Gasteiger partial charge in [0.15, 0.2) is 5.82 Å². The summed E-state index contributed by atoms with van der Waals surface area (Å²) in [7, 11) is 0. The topological polar surface area (TPSA) is 90.4 Å². The van der Waals surface area contributed by atoms with Gasteiger partial charge in [-0.3, -0.25) is 4.74 Å². The number of fused-ring (bicyclic) bond motifs is 1. The number of nitrogens with two attached hydrogens (primary N) is 1. The molecule has 0 saturated heterocycles. The molecule has 7 nitrogen and oxygen atoms in total. The third-order valence-corrected chi connectivity index (χ3v) is 5.36. The molecule has 3 rings (SSSR count). The fourth-order valence-corrected chi connectivity index (χ4v) is 3.90. The molecule has 0 aliphatic carbocycles. The van der Waals surface area contributed by atoms with E-state index in [4.69, 9.17) is 28.9 Å². The van der Waals surface area contributed by atoms with E-state index in [2.05, 4.69) is 24.5 Å². The van der Waals surface area contributed by atoms with Gasteiger partial charge in [0, 0.05) is 11.4 Å². The Hall–Kier alpha value is -1.66. The molecule has 0 spiro atoms. The highest BCUT2D eigenvalue weighted by atomic mass is 35.5. The van der Waals surface area contributed by atoms with Crippen molar-refractivity contribution >= 4 is 46.1 Å². The molecule has 1 atom stereocenters. The molecule has 3 aromatic rings. The fourth-order valence-electron chi connectivity index (χ4n) is 2.86. The van der Waals surface area contributed by atoms with Crippen LogP contribution in [0.25, 0.3) is 5.52 Å². The van der Waals surface area contributed by atoms with Gasteiger partial charge in [0.05, 0.1) is 18.8 Å². The van der Waals surface area contributed by atoms with Crippen LogP contribution in [0, 0.1) is 6.92 Å². The number of nitrogens with zero attached hydrogens (tertiary/aromatic N) is 4. The Labute approximate surface area is 178 Å². The maximum Gasteiger partial charge on any atom is 0.522 e. The standard InChI is InChI=1S/C16H17Cl2F3N6OS/c1-8-11(6-9(22)2-4-28-16(19,20)21)13(17)27-12(8)14(24-15(18)25-27)23-7-10-3-5-29-26-10/h3,5,9H,2,4,6-7,22H2,1H3,(H,23,24,25)/t9-/m0/s1. The van der Waals surface area contributed by atoms with Gasteiger partial charge in [-0.15, -0.1) is 18.3 Å². The van der Waals surface area contributed by atoms with E-state index in [9.17, 15) is 13.2 Å². The normalized spacial score (nSPS) is 13.2. The molecule has 0 radical (unpaired) electrons. The first-order valence-electron chi connectivity index (χ1n) is 8.48. The van der Waals surface area contributed by atoms with Crippen molar-refractivity contribution in [1.82, 2.24) is 19.0 Å². The smallest absolute Gasteiger partial charge is 0.362 e. The summed E-state index contributed by atoms with van der Waals surface area (Å²) in [6.45, 7) is 1.72. The van der Waals surface area contributed by atoms with Crippen LogP contribution < -0.4 is 11.1 Å². The van der Waals surface area contributed by atoms with E-state index in [0.717, 1.165) is 11.3 Å². The van der Waals surface area contributed by atoms with E-state index >= 15 is 0 Å². The third-order valence-electron chi connectivity index (χ3n) is 4.21. The van der Waals surface area contributed by atoms with Crippen molar-refractivity contribution in [1.29, 1.82) is 0 Å². The highest BCUT2D eigenvalue weighted by Crippen LogP contribution is 2.32. The first-order valence-corrected chi connectivity index (χ1v) is 10.1. The summed E-state index contributed by atoms with van der Waals surface area (Å²) in [5, 5.41) is 9.44. The number of anilines is 1. The van der Waals surface area contributed by atoms with Crippen molar-refractivity contribution in [2.75, 3.05) is 11.9 Å². The minimum atomic E-state index is -4.68. The summed E-state index contributed by atoms with van der Waals surface area (Å²) in [6.07, 6.45) is -4.41. The maximum atomic E-state index is 12.1. The Balaban J connectivity index is 1.82. The Morgan fingerprint density at radius 3 is 2.79 bits per heavy atom. The number of hydrogen-bond donors (Lipinski definition) is 2. The number of alkyl halides is 3. The van der Waals surface area contributed by atoms with E-state index in [1.807, 2.05) is 18.4 Å². The number of nitrogens with one attached hydrogen (secondary N) is 1. The molecule has 3 N–H and O–H groups in total. The molecule has 3 aromatic heterocycles. The zero-order valence-corrected chi connectivity index (χ0v) is 17.5. The monoisotopic (exact) mass is 468 g/mol. The summed E-state index contributed by atoms with van der Waals surface area (Å²) in [5.74, 6) is 0.470. The van der Waals surface area contributed by atoms with Crippen molar-refractivity contribution in [2.24, 2.45) is 5.73 Å². The number of aromatic nitrogens is 4. The van der Waals surface area contributed by atoms with Crippen LogP contribution >= 0.6 is 34.7 Å². The van der Waals surface area contributed by atoms with Gasteiger partial charge in [0.1, 0.15) is 10.7 Å². The van der Waals surface area contributed by atoms with Crippen molar-refractivity contribution in [3.8, 4) is 0 Å². The van der Waals surface area contributed by atoms with Crippen LogP contribution in [0.1, 0.15) is 23.2 Å². The second-order valence-corrected chi connectivity index (χ2v) is 7.64. The zero-order valence-electron chi connectivity index (χ0n) is 15.1. The zero-order chi connectivity index (χ0) is 21.2. The van der Waals surface area contributed by atoms with Gasteiger partial charge in [-0.2, -0.15) is 9.36 Å². The van der Waals surface area contributed by atoms with Crippen molar-refractivity contribution in [3.63, 3.8) is 0 Å². The highest BCUT2D eigenvalue weighted by Gasteiger charge is 2.29. The quantitative estimate of drug-likeness (QED) is 0.514. The van der Waals surface area contributed by atoms with Crippen LogP contribution in [0.2, 0.25) is 10.4 Å². The molecule has 0 bridgehead atoms. The molecule has 0 unspecified atom stereocenters. The van der Waals surface area contributed by atoms with Crippen LogP contribution in [-0.2, 0) is 17.7 Å². The van der Waals surface area contributed by atoms with Crippen LogP contribution in [-0.4, -0.2) is 38.0 Å². The summed E-state index contributed by atoms with van der Waals surface area (Å²) in [6, 6.07) is 1.30. The van der Waals surface area contributed by atoms with E-state index in [-0.39, 0.29) is 23.3 Å². The largest absolute Gasteiger partial charge is 0.522 e. The molecule has 29 heavy (non-hydrogen) atoms. The second kappa shape index (κ2) is 9.00. The van der Waals surface area contributed by atoms with Crippen LogP contribution in [0.5, 0.6) is 0 Å². The minimum Gasteiger partial charge on any atom is -0.362 e. The van der Waals surface area contributed by atoms with E-state index in [0.29, 0.717) is 23.4 Å². The Bertz CT molecular complexity index is 980. The molecular formula is C16H17Cl2F3N6OS. The Morgan fingerprint density at radius 1 is 1.38 bits per heavy atom. The molecule has 158 valence electrons. The fraction of sp³-hybridized carbons (Fsp3) is 0.438. The van der Waals surface area contributed by atoms with E-state index < -0.39 is 19.0 Å². The molecule has 0 aliphatic heterocycles. The molecule has 3 heterocycles. The van der Waals surface area contributed by atoms with Gasteiger partial charge in [-0.1, -0.05) is 11.6 Å². The van der Waals surface area contributed by atoms with Gasteiger partial charge in [-0.25, -0.2) is 4.52 Å². The average molecular weight is 469 g/mol. The summed E-state index contributed by atoms with van der Waals surface area (Å²) >= 11 is 13.8. The number of hydrogen-bond acceptors (Lipinski definition) is 7. The lowest BCUT2D eigenvalue weighted by Crippen LogP contribution is -2.26. The third kappa shape index (κ3) is 5.48. The van der Waals surface area contributed by atoms with Gasteiger partial charge in [0.2, 0.25) is 5.28 Å². The van der Waals surface area contributed by atoms with Crippen molar-refractivity contribution in [2.45, 2.75) is 38.7 Å². The average Bonchev–Trinajstić information content (AvgIpc) is 3.22. The van der Waals surface area contributed by atoms with Crippen molar-refractivity contribution < 1.29 is 17.9 Å². The van der Waals surface area contributed by atoms with Gasteiger partial charge < -0.3 is 11.1 Å². The number of halogens is 5. The number of aryl methyl sites for hydroxylation is 1. The highest BCUT2D eigenvalue weighted by molar-refractivity contribution is 7.03. The second-order valence-electron chi connectivity index (χ2n) is 6.28. The van der Waals surface area contributed by atoms with Crippen LogP contribution in [0.3, 0.4) is 0 Å². The SMILES string of the molecule is Cc1c(C[C@@H](N)CCOC(F)(F)F)c(Cl)n2nc(Cl)nc(NCc3ccsn3)c12. The summed E-state index contributed by atoms with van der Waals surface area (Å²) < 4.78 is 45.9. The first kappa shape index (κ1) is 22.0. The van der Waals surface area contributed by atoms with Crippen LogP contribution in [0.15, 0.2) is 11.4 Å². The van der Waals surface area contributed by atoms with Crippen molar-refractivity contribution in [3.05, 3.63) is 38.7 Å². The number of rotatable bonds is 8. The molecule has 0 fully saturated rings. The van der Waals surface area contributed by atoms with Gasteiger partial charge in [0.25, 0.3) is 0 Å². The molecule has 13 heteroatoms. The lowest BCUT2D eigenvalue weighted by molar-refractivity contribution is -0.324. The predicted molar refractivity (Wildman–Crippen MR) is 105 cm³/mol. The lowest BCUT2D eigenvalue weighted by atomic mass is 10.0. The predicted octanol–water partition coefficient (Wildman–Crippen LogP) is 4.21. The summed E-state index contributed by atoms with van der Waals surface area (Å²) in [5.41, 5.74) is 8.87.